The predicted octanol–water partition coefficient (Wildman–Crippen LogP) is 4.51. The summed E-state index contributed by atoms with van der Waals surface area (Å²) in [5.74, 6) is -39.6. The molecule has 0 fully saturated rings. The van der Waals surface area contributed by atoms with Crippen molar-refractivity contribution >= 4 is 29.6 Å². The number of halogens is 15. The average molecular weight is 393 g/mol. The summed E-state index contributed by atoms with van der Waals surface area (Å²) in [5, 5.41) is 0. The minimum absolute atomic E-state index is 0. The van der Waals surface area contributed by atoms with Gasteiger partial charge in [-0.3, -0.25) is 0 Å². The average Bonchev–Trinajstić information content (AvgIpc) is 2.25. The van der Waals surface area contributed by atoms with Gasteiger partial charge in [-0.2, -0.15) is 65.9 Å². The molecule has 0 aromatic heterocycles. The van der Waals surface area contributed by atoms with Gasteiger partial charge in [-0.1, -0.05) is 0 Å². The summed E-state index contributed by atoms with van der Waals surface area (Å²) in [6, 6.07) is 0. The quantitative estimate of drug-likeness (QED) is 0.477. The van der Waals surface area contributed by atoms with Crippen LogP contribution in [0, 0.1) is 6.43 Å². The van der Waals surface area contributed by atoms with E-state index < -0.39 is 42.2 Å². The Kier molecular flexibility index (Phi) is 6.96. The molecule has 0 unspecified atom stereocenters. The van der Waals surface area contributed by atoms with Crippen molar-refractivity contribution in [2.75, 3.05) is 0 Å². The first kappa shape index (κ1) is 25.2. The van der Waals surface area contributed by atoms with E-state index in [9.17, 15) is 65.9 Å². The summed E-state index contributed by atoms with van der Waals surface area (Å²) in [5.41, 5.74) is 0. The van der Waals surface area contributed by atoms with Gasteiger partial charge in [-0.15, -0.1) is 0 Å². The Balaban J connectivity index is 0. The molecule has 0 amide bonds. The van der Waals surface area contributed by atoms with Crippen LogP contribution in [0.15, 0.2) is 0 Å². The first-order chi connectivity index (χ1) is 9.19. The van der Waals surface area contributed by atoms with Gasteiger partial charge in [-0.25, -0.2) is 0 Å². The molecule has 0 rings (SSSR count). The molecule has 0 aromatic rings. The Hall–Kier alpha value is -0.0500. The second kappa shape index (κ2) is 6.35. The van der Waals surface area contributed by atoms with Gasteiger partial charge >= 0.3 is 71.8 Å². The Bertz CT molecular complexity index is 407. The van der Waals surface area contributed by atoms with E-state index in [1.165, 1.54) is 0 Å². The molecule has 1 radical (unpaired) electrons. The van der Waals surface area contributed by atoms with Gasteiger partial charge in [-0.05, 0) is 0 Å². The van der Waals surface area contributed by atoms with Crippen LogP contribution in [-0.2, 0) is 0 Å². The molecule has 0 aliphatic heterocycles. The van der Waals surface area contributed by atoms with E-state index in [1.807, 2.05) is 0 Å². The fourth-order valence-electron chi connectivity index (χ4n) is 0.888. The molecule has 0 bridgehead atoms. The summed E-state index contributed by atoms with van der Waals surface area (Å²) in [6.07, 6.45) is -12.5. The summed E-state index contributed by atoms with van der Waals surface area (Å²) in [4.78, 5) is 0. The van der Waals surface area contributed by atoms with Crippen LogP contribution in [0.1, 0.15) is 0 Å². The van der Waals surface area contributed by atoms with Gasteiger partial charge in [0.25, 0.3) is 0 Å². The third-order valence-electron chi connectivity index (χ3n) is 2.17. The van der Waals surface area contributed by atoms with E-state index in [-0.39, 0.29) is 29.6 Å². The van der Waals surface area contributed by atoms with Crippen molar-refractivity contribution in [3.63, 3.8) is 0 Å². The van der Waals surface area contributed by atoms with Crippen LogP contribution in [0.25, 0.3) is 0 Å². The topological polar surface area (TPSA) is 0 Å². The van der Waals surface area contributed by atoms with Gasteiger partial charge in [0.05, 0.1) is 0 Å². The molecule has 0 aliphatic rings. The molecule has 0 saturated heterocycles. The molecule has 135 valence electrons. The monoisotopic (exact) mass is 393 g/mol. The van der Waals surface area contributed by atoms with Crippen molar-refractivity contribution in [1.29, 1.82) is 0 Å². The standard InChI is InChI=1S/C7F15.Na.H/c8-1(9)2(10,11)3(12,13)4(14,15)5(16,17)6(18,19)7(20,21)22;;. The van der Waals surface area contributed by atoms with Crippen LogP contribution < -0.4 is 0 Å². The van der Waals surface area contributed by atoms with Gasteiger partial charge in [0.15, 0.2) is 0 Å². The third-order valence-corrected chi connectivity index (χ3v) is 2.17. The van der Waals surface area contributed by atoms with Crippen molar-refractivity contribution in [3.8, 4) is 0 Å². The van der Waals surface area contributed by atoms with Crippen LogP contribution in [0.3, 0.4) is 0 Å². The normalized spacial score (nSPS) is 15.7. The summed E-state index contributed by atoms with van der Waals surface area (Å²) in [7, 11) is 0. The van der Waals surface area contributed by atoms with Crippen LogP contribution in [0.4, 0.5) is 65.9 Å². The van der Waals surface area contributed by atoms with Crippen LogP contribution in [0.5, 0.6) is 0 Å². The summed E-state index contributed by atoms with van der Waals surface area (Å²) in [6.45, 7) is 0. The van der Waals surface area contributed by atoms with Gasteiger partial charge in [0.2, 0.25) is 0 Å². The minimum atomic E-state index is -8.19. The van der Waals surface area contributed by atoms with Crippen molar-refractivity contribution < 1.29 is 65.9 Å². The Morgan fingerprint density at radius 2 is 0.696 bits per heavy atom. The van der Waals surface area contributed by atoms with E-state index in [4.69, 9.17) is 0 Å². The zero-order chi connectivity index (χ0) is 18.6. The van der Waals surface area contributed by atoms with E-state index in [0.29, 0.717) is 0 Å². The molecule has 23 heavy (non-hydrogen) atoms. The SMILES string of the molecule is F[C](F)C(F)(F)C(F)(F)C(F)(F)C(F)(F)C(F)(F)C(F)(F)F.[NaH]. The predicted molar refractivity (Wildman–Crippen MR) is 43.4 cm³/mol. The molecule has 0 nitrogen and oxygen atoms in total. The molecular weight excluding hydrogens is 392 g/mol. The van der Waals surface area contributed by atoms with Crippen molar-refractivity contribution in [1.82, 2.24) is 0 Å². The Morgan fingerprint density at radius 3 is 0.913 bits per heavy atom. The van der Waals surface area contributed by atoms with Gasteiger partial charge in [0.1, 0.15) is 0 Å². The fourth-order valence-corrected chi connectivity index (χ4v) is 0.888. The number of alkyl halides is 13. The first-order valence-electron chi connectivity index (χ1n) is 4.33. The maximum atomic E-state index is 12.6. The van der Waals surface area contributed by atoms with Crippen LogP contribution in [0.2, 0.25) is 0 Å². The van der Waals surface area contributed by atoms with Crippen molar-refractivity contribution in [2.45, 2.75) is 35.8 Å². The molecule has 0 N–H and O–H groups in total. The molecule has 0 heterocycles. The van der Waals surface area contributed by atoms with Crippen molar-refractivity contribution in [2.24, 2.45) is 0 Å². The van der Waals surface area contributed by atoms with E-state index in [0.717, 1.165) is 0 Å². The second-order valence-corrected chi connectivity index (χ2v) is 3.63. The van der Waals surface area contributed by atoms with Gasteiger partial charge in [0, 0.05) is 0 Å². The zero-order valence-corrected chi connectivity index (χ0v) is 9.17. The fraction of sp³-hybridized carbons (Fsp3) is 0.857. The molecule has 0 aliphatic carbocycles. The molecule has 16 heteroatoms. The molecule has 0 aromatic carbocycles. The third kappa shape index (κ3) is 3.37. The van der Waals surface area contributed by atoms with Crippen LogP contribution >= 0.6 is 0 Å². The number of rotatable bonds is 5. The van der Waals surface area contributed by atoms with Crippen molar-refractivity contribution in [3.05, 3.63) is 6.43 Å². The molecule has 0 spiro atoms. The van der Waals surface area contributed by atoms with Gasteiger partial charge < -0.3 is 0 Å². The summed E-state index contributed by atoms with van der Waals surface area (Å²) >= 11 is 0. The number of hydrogen-bond acceptors (Lipinski definition) is 0. The van der Waals surface area contributed by atoms with Crippen LogP contribution in [-0.4, -0.2) is 65.3 Å². The molecule has 0 saturated carbocycles. The second-order valence-electron chi connectivity index (χ2n) is 3.63. The molecular formula is C7HF15Na. The van der Waals surface area contributed by atoms with E-state index in [1.54, 1.807) is 0 Å². The van der Waals surface area contributed by atoms with E-state index in [2.05, 4.69) is 0 Å². The zero-order valence-electron chi connectivity index (χ0n) is 9.17. The number of hydrogen-bond donors (Lipinski definition) is 0. The molecule has 0 atom stereocenters. The Morgan fingerprint density at radius 1 is 0.435 bits per heavy atom. The maximum absolute atomic E-state index is 12.6. The summed E-state index contributed by atoms with van der Waals surface area (Å²) < 4.78 is 181. The first-order valence-corrected chi connectivity index (χ1v) is 4.33. The van der Waals surface area contributed by atoms with E-state index >= 15 is 0 Å². The Labute approximate surface area is 138 Å².